The molecule has 0 spiro atoms. The fraction of sp³-hybridized carbons (Fsp3) is 0.333. The number of benzene rings is 1. The topological polar surface area (TPSA) is 40.5 Å². The van der Waals surface area contributed by atoms with Gasteiger partial charge >= 0.3 is 7.12 Å². The molecule has 0 aromatic heterocycles. The highest BCUT2D eigenvalue weighted by Crippen LogP contribution is 2.05. The summed E-state index contributed by atoms with van der Waals surface area (Å²) >= 11 is 0. The van der Waals surface area contributed by atoms with Crippen LogP contribution in [0.15, 0.2) is 18.2 Å². The first-order valence-corrected chi connectivity index (χ1v) is 4.10. The second-order valence-corrected chi connectivity index (χ2v) is 2.91. The van der Waals surface area contributed by atoms with Crippen LogP contribution in [0.4, 0.5) is 0 Å². The van der Waals surface area contributed by atoms with Gasteiger partial charge in [0, 0.05) is 0 Å². The predicted molar refractivity (Wildman–Crippen MR) is 50.4 cm³/mol. The van der Waals surface area contributed by atoms with Crippen LogP contribution >= 0.6 is 0 Å². The van der Waals surface area contributed by atoms with Gasteiger partial charge in [-0.2, -0.15) is 0 Å². The zero-order valence-corrected chi connectivity index (χ0v) is 7.41. The van der Waals surface area contributed by atoms with Crippen molar-refractivity contribution in [2.75, 3.05) is 0 Å². The van der Waals surface area contributed by atoms with Gasteiger partial charge in [0.1, 0.15) is 0 Å². The fourth-order valence-corrected chi connectivity index (χ4v) is 1.23. The molecule has 2 N–H and O–H groups in total. The van der Waals surface area contributed by atoms with E-state index in [2.05, 4.69) is 6.92 Å². The molecule has 2 nitrogen and oxygen atoms in total. The minimum Gasteiger partial charge on any atom is -0.423 e. The highest BCUT2D eigenvalue weighted by atomic mass is 16.4. The average molecular weight is 164 g/mol. The van der Waals surface area contributed by atoms with Crippen LogP contribution in [0.5, 0.6) is 0 Å². The van der Waals surface area contributed by atoms with Crippen LogP contribution < -0.4 is 5.46 Å². The smallest absolute Gasteiger partial charge is 0.423 e. The first-order chi connectivity index (χ1) is 5.65. The van der Waals surface area contributed by atoms with Gasteiger partial charge in [-0.05, 0) is 29.9 Å². The molecular weight excluding hydrogens is 151 g/mol. The molecule has 0 bridgehead atoms. The van der Waals surface area contributed by atoms with Gasteiger partial charge < -0.3 is 10.0 Å². The van der Waals surface area contributed by atoms with Crippen LogP contribution in [-0.4, -0.2) is 17.2 Å². The first kappa shape index (κ1) is 9.29. The first-order valence-electron chi connectivity index (χ1n) is 4.10. The third-order valence-electron chi connectivity index (χ3n) is 2.05. The normalized spacial score (nSPS) is 10.0. The van der Waals surface area contributed by atoms with Crippen molar-refractivity contribution in [2.24, 2.45) is 0 Å². The highest BCUT2D eigenvalue weighted by Gasteiger charge is 2.11. The van der Waals surface area contributed by atoms with Crippen molar-refractivity contribution < 1.29 is 10.0 Å². The Balaban J connectivity index is 3.05. The lowest BCUT2D eigenvalue weighted by molar-refractivity contribution is 0.425. The van der Waals surface area contributed by atoms with Crippen molar-refractivity contribution in [3.05, 3.63) is 29.3 Å². The minimum absolute atomic E-state index is 0.567. The third kappa shape index (κ3) is 1.87. The largest absolute Gasteiger partial charge is 0.488 e. The molecule has 64 valence electrons. The van der Waals surface area contributed by atoms with Crippen LogP contribution in [0.25, 0.3) is 0 Å². The van der Waals surface area contributed by atoms with E-state index in [-0.39, 0.29) is 0 Å². The number of hydrogen-bond donors (Lipinski definition) is 2. The van der Waals surface area contributed by atoms with E-state index >= 15 is 0 Å². The average Bonchev–Trinajstić information content (AvgIpc) is 2.05. The molecule has 0 amide bonds. The van der Waals surface area contributed by atoms with Crippen molar-refractivity contribution in [2.45, 2.75) is 20.3 Å². The van der Waals surface area contributed by atoms with E-state index in [1.165, 1.54) is 11.1 Å². The Bertz CT molecular complexity index is 271. The molecule has 0 fully saturated rings. The molecular formula is C9H13BO2. The number of hydrogen-bond acceptors (Lipinski definition) is 2. The monoisotopic (exact) mass is 164 g/mol. The Kier molecular flexibility index (Phi) is 2.90. The summed E-state index contributed by atoms with van der Waals surface area (Å²) in [6, 6.07) is 5.48. The van der Waals surface area contributed by atoms with E-state index in [1.54, 1.807) is 6.07 Å². The Labute approximate surface area is 73.0 Å². The lowest BCUT2D eigenvalue weighted by atomic mass is 9.79. The van der Waals surface area contributed by atoms with Crippen molar-refractivity contribution in [1.82, 2.24) is 0 Å². The van der Waals surface area contributed by atoms with Crippen molar-refractivity contribution >= 4 is 12.6 Å². The molecule has 0 unspecified atom stereocenters. The summed E-state index contributed by atoms with van der Waals surface area (Å²) in [5.74, 6) is 0. The van der Waals surface area contributed by atoms with E-state index in [9.17, 15) is 0 Å². The molecule has 3 heteroatoms. The molecule has 0 aliphatic carbocycles. The Hall–Kier alpha value is -0.795. The molecule has 0 aliphatic rings. The molecule has 0 aliphatic heterocycles. The van der Waals surface area contributed by atoms with Gasteiger partial charge in [-0.15, -0.1) is 0 Å². The van der Waals surface area contributed by atoms with Crippen LogP contribution in [0.2, 0.25) is 0 Å². The van der Waals surface area contributed by atoms with Crippen molar-refractivity contribution in [3.8, 4) is 0 Å². The number of rotatable bonds is 2. The molecule has 0 saturated heterocycles. The molecule has 0 atom stereocenters. The maximum absolute atomic E-state index is 8.89. The van der Waals surface area contributed by atoms with Crippen LogP contribution in [0.1, 0.15) is 18.1 Å². The quantitative estimate of drug-likeness (QED) is 0.614. The second-order valence-electron chi connectivity index (χ2n) is 2.91. The van der Waals surface area contributed by atoms with E-state index in [0.717, 1.165) is 6.42 Å². The lowest BCUT2D eigenvalue weighted by Crippen LogP contribution is -2.30. The zero-order valence-electron chi connectivity index (χ0n) is 7.41. The summed E-state index contributed by atoms with van der Waals surface area (Å²) in [5.41, 5.74) is 2.93. The molecule has 0 radical (unpaired) electrons. The summed E-state index contributed by atoms with van der Waals surface area (Å²) in [6.45, 7) is 4.07. The van der Waals surface area contributed by atoms with Gasteiger partial charge in [-0.25, -0.2) is 0 Å². The van der Waals surface area contributed by atoms with E-state index < -0.39 is 7.12 Å². The maximum Gasteiger partial charge on any atom is 0.488 e. The SMILES string of the molecule is CCc1cc(B(O)O)ccc1C. The van der Waals surface area contributed by atoms with Gasteiger partial charge in [-0.3, -0.25) is 0 Å². The maximum atomic E-state index is 8.89. The standard InChI is InChI=1S/C9H13BO2/c1-3-8-6-9(10(11)12)5-4-7(8)2/h4-6,11-12H,3H2,1-2H3. The molecule has 1 aromatic carbocycles. The molecule has 0 saturated carbocycles. The summed E-state index contributed by atoms with van der Waals surface area (Å²) in [7, 11) is -1.35. The zero-order chi connectivity index (χ0) is 9.14. The van der Waals surface area contributed by atoms with E-state index in [1.807, 2.05) is 19.1 Å². The van der Waals surface area contributed by atoms with Crippen LogP contribution in [0, 0.1) is 6.92 Å². The minimum atomic E-state index is -1.35. The molecule has 0 heterocycles. The van der Waals surface area contributed by atoms with Crippen molar-refractivity contribution in [1.29, 1.82) is 0 Å². The van der Waals surface area contributed by atoms with Gasteiger partial charge in [0.05, 0.1) is 0 Å². The summed E-state index contributed by atoms with van der Waals surface area (Å²) in [4.78, 5) is 0. The summed E-state index contributed by atoms with van der Waals surface area (Å²) < 4.78 is 0. The lowest BCUT2D eigenvalue weighted by Gasteiger charge is -2.05. The fourth-order valence-electron chi connectivity index (χ4n) is 1.23. The van der Waals surface area contributed by atoms with Gasteiger partial charge in [0.25, 0.3) is 0 Å². The summed E-state index contributed by atoms with van der Waals surface area (Å²) in [5, 5.41) is 17.8. The van der Waals surface area contributed by atoms with Crippen molar-refractivity contribution in [3.63, 3.8) is 0 Å². The van der Waals surface area contributed by atoms with Crippen LogP contribution in [-0.2, 0) is 6.42 Å². The molecule has 1 aromatic rings. The Morgan fingerprint density at radius 2 is 2.00 bits per heavy atom. The van der Waals surface area contributed by atoms with Gasteiger partial charge in [-0.1, -0.05) is 25.1 Å². The van der Waals surface area contributed by atoms with Crippen LogP contribution in [0.3, 0.4) is 0 Å². The Morgan fingerprint density at radius 1 is 1.33 bits per heavy atom. The highest BCUT2D eigenvalue weighted by molar-refractivity contribution is 6.58. The summed E-state index contributed by atoms with van der Waals surface area (Å²) in [6.07, 6.45) is 0.923. The predicted octanol–water partition coefficient (Wildman–Crippen LogP) is 0.237. The molecule has 1 rings (SSSR count). The Morgan fingerprint density at radius 3 is 2.50 bits per heavy atom. The number of aryl methyl sites for hydroxylation is 2. The van der Waals surface area contributed by atoms with Gasteiger partial charge in [0.2, 0.25) is 0 Å². The second kappa shape index (κ2) is 3.74. The third-order valence-corrected chi connectivity index (χ3v) is 2.05. The van der Waals surface area contributed by atoms with Gasteiger partial charge in [0.15, 0.2) is 0 Å². The van der Waals surface area contributed by atoms with E-state index in [0.29, 0.717) is 5.46 Å². The molecule has 12 heavy (non-hydrogen) atoms. The van der Waals surface area contributed by atoms with E-state index in [4.69, 9.17) is 10.0 Å².